The Morgan fingerprint density at radius 1 is 1.08 bits per heavy atom. The van der Waals surface area contributed by atoms with Crippen LogP contribution in [0.2, 0.25) is 0 Å². The third kappa shape index (κ3) is 2.55. The maximum Gasteiger partial charge on any atom is 0.336 e. The van der Waals surface area contributed by atoms with Gasteiger partial charge in [0.25, 0.3) is 0 Å². The first-order valence-corrected chi connectivity index (χ1v) is 7.98. The number of aryl methyl sites for hydroxylation is 1. The molecule has 0 aliphatic carbocycles. The summed E-state index contributed by atoms with van der Waals surface area (Å²) in [5, 5.41) is 0.747. The molecule has 134 valence electrons. The Labute approximate surface area is 146 Å². The van der Waals surface area contributed by atoms with E-state index in [1.54, 1.807) is 19.1 Å². The van der Waals surface area contributed by atoms with E-state index in [0.29, 0.717) is 23.0 Å². The SMILES string of the molecule is Cc1cc(=O)oc2c3c(ccc12)OC(c1cc(F)c(F)cc1F)C(N)C3. The molecule has 2 atom stereocenters. The Bertz CT molecular complexity index is 1090. The van der Waals surface area contributed by atoms with Gasteiger partial charge in [-0.2, -0.15) is 0 Å². The summed E-state index contributed by atoms with van der Waals surface area (Å²) >= 11 is 0. The second-order valence-corrected chi connectivity index (χ2v) is 6.36. The first-order valence-electron chi connectivity index (χ1n) is 7.98. The lowest BCUT2D eigenvalue weighted by atomic mass is 9.91. The molecule has 0 bridgehead atoms. The molecule has 3 aromatic rings. The van der Waals surface area contributed by atoms with E-state index < -0.39 is 35.2 Å². The fraction of sp³-hybridized carbons (Fsp3) is 0.211. The smallest absolute Gasteiger partial charge is 0.336 e. The zero-order valence-corrected chi connectivity index (χ0v) is 13.7. The fourth-order valence-corrected chi connectivity index (χ4v) is 3.34. The third-order valence-electron chi connectivity index (χ3n) is 4.61. The summed E-state index contributed by atoms with van der Waals surface area (Å²) in [6.45, 7) is 1.79. The van der Waals surface area contributed by atoms with E-state index in [1.165, 1.54) is 6.07 Å². The molecule has 26 heavy (non-hydrogen) atoms. The lowest BCUT2D eigenvalue weighted by Crippen LogP contribution is -2.38. The van der Waals surface area contributed by atoms with Crippen molar-refractivity contribution in [3.63, 3.8) is 0 Å². The topological polar surface area (TPSA) is 65.5 Å². The second-order valence-electron chi connectivity index (χ2n) is 6.36. The Hall–Kier alpha value is -2.80. The highest BCUT2D eigenvalue weighted by atomic mass is 19.2. The Balaban J connectivity index is 1.84. The maximum absolute atomic E-state index is 14.1. The highest BCUT2D eigenvalue weighted by Gasteiger charge is 2.33. The van der Waals surface area contributed by atoms with Gasteiger partial charge in [0.2, 0.25) is 0 Å². The average molecular weight is 361 g/mol. The van der Waals surface area contributed by atoms with Crippen molar-refractivity contribution in [1.29, 1.82) is 0 Å². The molecule has 0 spiro atoms. The molecule has 2 aromatic carbocycles. The van der Waals surface area contributed by atoms with Gasteiger partial charge in [0.1, 0.15) is 23.3 Å². The fourth-order valence-electron chi connectivity index (χ4n) is 3.34. The van der Waals surface area contributed by atoms with E-state index in [4.69, 9.17) is 14.9 Å². The van der Waals surface area contributed by atoms with Crippen molar-refractivity contribution in [2.24, 2.45) is 5.73 Å². The van der Waals surface area contributed by atoms with Crippen LogP contribution in [0.1, 0.15) is 22.8 Å². The third-order valence-corrected chi connectivity index (χ3v) is 4.61. The lowest BCUT2D eigenvalue weighted by Gasteiger charge is -2.32. The Morgan fingerprint density at radius 3 is 2.58 bits per heavy atom. The van der Waals surface area contributed by atoms with E-state index in [9.17, 15) is 18.0 Å². The van der Waals surface area contributed by atoms with Gasteiger partial charge in [-0.1, -0.05) is 0 Å². The van der Waals surface area contributed by atoms with Gasteiger partial charge >= 0.3 is 5.63 Å². The predicted octanol–water partition coefficient (Wildman–Crippen LogP) is 3.52. The van der Waals surface area contributed by atoms with Gasteiger partial charge < -0.3 is 14.9 Å². The molecule has 1 aliphatic rings. The number of nitrogens with two attached hydrogens (primary N) is 1. The summed E-state index contributed by atoms with van der Waals surface area (Å²) in [5.74, 6) is -3.03. The summed E-state index contributed by atoms with van der Waals surface area (Å²) < 4.78 is 51.9. The van der Waals surface area contributed by atoms with Crippen molar-refractivity contribution in [3.05, 3.63) is 74.9 Å². The van der Waals surface area contributed by atoms with Crippen molar-refractivity contribution < 1.29 is 22.3 Å². The van der Waals surface area contributed by atoms with Crippen molar-refractivity contribution in [2.45, 2.75) is 25.5 Å². The highest BCUT2D eigenvalue weighted by Crippen LogP contribution is 2.39. The van der Waals surface area contributed by atoms with Gasteiger partial charge in [-0.3, -0.25) is 0 Å². The predicted molar refractivity (Wildman–Crippen MR) is 88.6 cm³/mol. The minimum absolute atomic E-state index is 0.159. The lowest BCUT2D eigenvalue weighted by molar-refractivity contribution is 0.149. The Kier molecular flexibility index (Phi) is 3.77. The summed E-state index contributed by atoms with van der Waals surface area (Å²) in [4.78, 5) is 11.7. The van der Waals surface area contributed by atoms with Crippen molar-refractivity contribution in [2.75, 3.05) is 0 Å². The van der Waals surface area contributed by atoms with Crippen LogP contribution in [-0.2, 0) is 6.42 Å². The number of benzene rings is 2. The molecule has 2 unspecified atom stereocenters. The van der Waals surface area contributed by atoms with Crippen LogP contribution in [0, 0.1) is 24.4 Å². The Morgan fingerprint density at radius 2 is 1.81 bits per heavy atom. The molecule has 0 saturated carbocycles. The van der Waals surface area contributed by atoms with Crippen LogP contribution < -0.4 is 16.1 Å². The zero-order chi connectivity index (χ0) is 18.6. The van der Waals surface area contributed by atoms with Gasteiger partial charge in [-0.25, -0.2) is 18.0 Å². The van der Waals surface area contributed by atoms with Gasteiger partial charge in [0.15, 0.2) is 11.6 Å². The summed E-state index contributed by atoms with van der Waals surface area (Å²) in [5.41, 5.74) is 7.18. The van der Waals surface area contributed by atoms with Crippen LogP contribution >= 0.6 is 0 Å². The van der Waals surface area contributed by atoms with Crippen molar-refractivity contribution >= 4 is 11.0 Å². The van der Waals surface area contributed by atoms with E-state index in [2.05, 4.69) is 0 Å². The number of rotatable bonds is 1. The maximum atomic E-state index is 14.1. The normalized spacial score (nSPS) is 19.3. The summed E-state index contributed by atoms with van der Waals surface area (Å²) in [7, 11) is 0. The molecule has 0 fully saturated rings. The van der Waals surface area contributed by atoms with E-state index >= 15 is 0 Å². The van der Waals surface area contributed by atoms with Crippen LogP contribution in [0.25, 0.3) is 11.0 Å². The summed E-state index contributed by atoms with van der Waals surface area (Å²) in [6, 6.07) is 5.27. The minimum Gasteiger partial charge on any atom is -0.484 e. The van der Waals surface area contributed by atoms with Crippen molar-refractivity contribution in [1.82, 2.24) is 0 Å². The standard InChI is InChI=1S/C19H14F3NO3/c1-8-4-17(24)26-18-9(8)2-3-16-11(18)6-15(23)19(25-16)10-5-13(21)14(22)7-12(10)20/h2-5,7,15,19H,6,23H2,1H3. The van der Waals surface area contributed by atoms with Crippen LogP contribution in [0.5, 0.6) is 5.75 Å². The van der Waals surface area contributed by atoms with E-state index in [1.807, 2.05) is 0 Å². The van der Waals surface area contributed by atoms with Crippen LogP contribution in [0.3, 0.4) is 0 Å². The number of fused-ring (bicyclic) bond motifs is 3. The largest absolute Gasteiger partial charge is 0.484 e. The number of hydrogen-bond donors (Lipinski definition) is 1. The zero-order valence-electron chi connectivity index (χ0n) is 13.7. The van der Waals surface area contributed by atoms with E-state index in [0.717, 1.165) is 17.0 Å². The highest BCUT2D eigenvalue weighted by molar-refractivity contribution is 5.85. The van der Waals surface area contributed by atoms with Gasteiger partial charge in [-0.05, 0) is 37.1 Å². The monoisotopic (exact) mass is 361 g/mol. The van der Waals surface area contributed by atoms with Crippen molar-refractivity contribution in [3.8, 4) is 5.75 Å². The molecule has 0 radical (unpaired) electrons. The molecule has 1 aromatic heterocycles. The van der Waals surface area contributed by atoms with Gasteiger partial charge in [0, 0.05) is 28.6 Å². The molecule has 2 heterocycles. The number of halogens is 3. The minimum atomic E-state index is -1.28. The van der Waals surface area contributed by atoms with Crippen LogP contribution in [0.4, 0.5) is 13.2 Å². The van der Waals surface area contributed by atoms with Crippen LogP contribution in [0.15, 0.2) is 39.5 Å². The molecule has 0 saturated heterocycles. The number of hydrogen-bond acceptors (Lipinski definition) is 4. The molecular weight excluding hydrogens is 347 g/mol. The quantitative estimate of drug-likeness (QED) is 0.532. The number of ether oxygens (including phenoxy) is 1. The molecule has 7 heteroatoms. The second kappa shape index (κ2) is 5.88. The molecule has 1 aliphatic heterocycles. The molecule has 0 amide bonds. The first-order chi connectivity index (χ1) is 12.3. The molecular formula is C19H14F3NO3. The van der Waals surface area contributed by atoms with Crippen LogP contribution in [-0.4, -0.2) is 6.04 Å². The molecule has 4 rings (SSSR count). The van der Waals surface area contributed by atoms with Gasteiger partial charge in [0.05, 0.1) is 6.04 Å². The van der Waals surface area contributed by atoms with Gasteiger partial charge in [-0.15, -0.1) is 0 Å². The first kappa shape index (κ1) is 16.7. The molecule has 2 N–H and O–H groups in total. The molecule has 4 nitrogen and oxygen atoms in total. The summed E-state index contributed by atoms with van der Waals surface area (Å²) in [6.07, 6.45) is -0.770. The van der Waals surface area contributed by atoms with E-state index in [-0.39, 0.29) is 12.0 Å². The average Bonchev–Trinajstić information content (AvgIpc) is 2.58.